The van der Waals surface area contributed by atoms with Gasteiger partial charge in [0.2, 0.25) is 6.17 Å². The summed E-state index contributed by atoms with van der Waals surface area (Å²) < 4.78 is 5.23. The van der Waals surface area contributed by atoms with Crippen LogP contribution in [0.25, 0.3) is 0 Å². The number of benzodiazepines with no additional fused rings is 1. The van der Waals surface area contributed by atoms with Crippen LogP contribution in [0.2, 0.25) is 0 Å². The minimum atomic E-state index is -1.13. The van der Waals surface area contributed by atoms with Crippen LogP contribution in [-0.4, -0.2) is 23.9 Å². The van der Waals surface area contributed by atoms with Crippen LogP contribution in [0.15, 0.2) is 89.9 Å². The highest BCUT2D eigenvalue weighted by Gasteiger charge is 2.27. The molecule has 2 N–H and O–H groups in total. The van der Waals surface area contributed by atoms with Crippen LogP contribution in [-0.2, 0) is 4.79 Å². The smallest absolute Gasteiger partial charge is 0.410 e. The highest BCUT2D eigenvalue weighted by Crippen LogP contribution is 2.23. The van der Waals surface area contributed by atoms with Gasteiger partial charge >= 0.3 is 6.09 Å². The number of carbonyl (C=O) groups excluding carboxylic acids is 2. The number of anilines is 1. The predicted octanol–water partition coefficient (Wildman–Crippen LogP) is 3.59. The van der Waals surface area contributed by atoms with E-state index in [9.17, 15) is 9.59 Å². The number of rotatable bonds is 3. The molecule has 0 bridgehead atoms. The van der Waals surface area contributed by atoms with Crippen LogP contribution in [0.4, 0.5) is 10.5 Å². The Morgan fingerprint density at radius 2 is 1.54 bits per heavy atom. The summed E-state index contributed by atoms with van der Waals surface area (Å²) in [7, 11) is 0. The Balaban J connectivity index is 1.66. The second-order valence-electron chi connectivity index (χ2n) is 6.13. The van der Waals surface area contributed by atoms with E-state index in [1.54, 1.807) is 30.3 Å². The zero-order valence-electron chi connectivity index (χ0n) is 14.8. The molecular formula is C22H17N3O3. The third-order valence-corrected chi connectivity index (χ3v) is 4.20. The topological polar surface area (TPSA) is 79.8 Å². The number of fused-ring (bicyclic) bond motifs is 1. The van der Waals surface area contributed by atoms with Crippen LogP contribution < -0.4 is 15.4 Å². The lowest BCUT2D eigenvalue weighted by Crippen LogP contribution is -2.43. The Kier molecular flexibility index (Phi) is 4.84. The molecule has 28 heavy (non-hydrogen) atoms. The monoisotopic (exact) mass is 371 g/mol. The first-order valence-electron chi connectivity index (χ1n) is 8.77. The number of aliphatic imine (C=N–C) groups is 1. The summed E-state index contributed by atoms with van der Waals surface area (Å²) in [5.74, 6) is -0.0621. The Labute approximate surface area is 161 Å². The molecule has 0 saturated heterocycles. The number of benzene rings is 3. The average molecular weight is 371 g/mol. The van der Waals surface area contributed by atoms with E-state index in [0.29, 0.717) is 17.1 Å². The Hall–Kier alpha value is -3.93. The maximum absolute atomic E-state index is 12.7. The molecule has 138 valence electrons. The van der Waals surface area contributed by atoms with Crippen LogP contribution in [0.1, 0.15) is 11.1 Å². The van der Waals surface area contributed by atoms with E-state index >= 15 is 0 Å². The molecule has 4 rings (SSSR count). The maximum atomic E-state index is 12.7. The average Bonchev–Trinajstić information content (AvgIpc) is 2.86. The van der Waals surface area contributed by atoms with Crippen LogP contribution in [0.5, 0.6) is 5.75 Å². The normalized spacial score (nSPS) is 15.5. The molecule has 0 fully saturated rings. The first-order chi connectivity index (χ1) is 13.7. The second kappa shape index (κ2) is 7.75. The van der Waals surface area contributed by atoms with Gasteiger partial charge in [-0.05, 0) is 18.2 Å². The van der Waals surface area contributed by atoms with Gasteiger partial charge in [-0.15, -0.1) is 0 Å². The van der Waals surface area contributed by atoms with Crippen molar-refractivity contribution in [3.63, 3.8) is 0 Å². The number of para-hydroxylation sites is 2. The molecule has 1 atom stereocenters. The Morgan fingerprint density at radius 1 is 0.893 bits per heavy atom. The van der Waals surface area contributed by atoms with E-state index in [1.165, 1.54) is 0 Å². The summed E-state index contributed by atoms with van der Waals surface area (Å²) in [6, 6.07) is 25.5. The van der Waals surface area contributed by atoms with E-state index < -0.39 is 18.2 Å². The first kappa shape index (κ1) is 17.5. The largest absolute Gasteiger partial charge is 0.414 e. The SMILES string of the molecule is O=C(NC1N=C(c2ccccc2)c2ccccc2NC1=O)Oc1ccccc1. The van der Waals surface area contributed by atoms with E-state index in [0.717, 1.165) is 11.1 Å². The number of nitrogens with one attached hydrogen (secondary N) is 2. The zero-order chi connectivity index (χ0) is 19.3. The van der Waals surface area contributed by atoms with Crippen molar-refractivity contribution in [3.8, 4) is 5.75 Å². The number of nitrogens with zero attached hydrogens (tertiary/aromatic N) is 1. The molecule has 0 radical (unpaired) electrons. The van der Waals surface area contributed by atoms with Gasteiger partial charge in [-0.3, -0.25) is 10.1 Å². The van der Waals surface area contributed by atoms with E-state index in [2.05, 4.69) is 15.6 Å². The predicted molar refractivity (Wildman–Crippen MR) is 107 cm³/mol. The van der Waals surface area contributed by atoms with Gasteiger partial charge in [0.15, 0.2) is 0 Å². The number of carbonyl (C=O) groups is 2. The van der Waals surface area contributed by atoms with Crippen molar-refractivity contribution in [2.24, 2.45) is 4.99 Å². The molecule has 3 aromatic carbocycles. The van der Waals surface area contributed by atoms with Gasteiger partial charge in [-0.1, -0.05) is 66.7 Å². The molecule has 1 heterocycles. The number of hydrogen-bond acceptors (Lipinski definition) is 4. The Bertz CT molecular complexity index is 1030. The van der Waals surface area contributed by atoms with Gasteiger partial charge in [0.05, 0.1) is 11.4 Å². The number of ether oxygens (including phenoxy) is 1. The fraction of sp³-hybridized carbons (Fsp3) is 0.0455. The molecule has 2 amide bonds. The molecule has 0 aromatic heterocycles. The number of amides is 2. The van der Waals surface area contributed by atoms with Gasteiger partial charge in [-0.2, -0.15) is 0 Å². The lowest BCUT2D eigenvalue weighted by atomic mass is 10.0. The maximum Gasteiger partial charge on any atom is 0.414 e. The molecule has 1 unspecified atom stereocenters. The van der Waals surface area contributed by atoms with Gasteiger partial charge in [0.1, 0.15) is 5.75 Å². The number of hydrogen-bond donors (Lipinski definition) is 2. The summed E-state index contributed by atoms with van der Waals surface area (Å²) in [5.41, 5.74) is 2.87. The van der Waals surface area contributed by atoms with E-state index in [-0.39, 0.29) is 0 Å². The molecular weight excluding hydrogens is 354 g/mol. The summed E-state index contributed by atoms with van der Waals surface area (Å²) in [6.45, 7) is 0. The zero-order valence-corrected chi connectivity index (χ0v) is 14.8. The lowest BCUT2D eigenvalue weighted by Gasteiger charge is -2.13. The minimum absolute atomic E-state index is 0.379. The van der Waals surface area contributed by atoms with Gasteiger partial charge in [0.25, 0.3) is 5.91 Å². The van der Waals surface area contributed by atoms with Crippen LogP contribution >= 0.6 is 0 Å². The molecule has 1 aliphatic rings. The molecule has 1 aliphatic heterocycles. The van der Waals surface area contributed by atoms with E-state index in [4.69, 9.17) is 4.74 Å². The quantitative estimate of drug-likeness (QED) is 0.738. The summed E-state index contributed by atoms with van der Waals surface area (Å²) in [6.07, 6.45) is -1.88. The minimum Gasteiger partial charge on any atom is -0.410 e. The van der Waals surface area contributed by atoms with Gasteiger partial charge < -0.3 is 10.1 Å². The summed E-state index contributed by atoms with van der Waals surface area (Å²) in [5, 5.41) is 5.35. The molecule has 6 heteroatoms. The van der Waals surface area contributed by atoms with Crippen molar-refractivity contribution in [1.29, 1.82) is 0 Å². The van der Waals surface area contributed by atoms with Gasteiger partial charge in [-0.25, -0.2) is 9.79 Å². The molecule has 3 aromatic rings. The third kappa shape index (κ3) is 3.76. The first-order valence-corrected chi connectivity index (χ1v) is 8.77. The molecule has 0 saturated carbocycles. The second-order valence-corrected chi connectivity index (χ2v) is 6.13. The highest BCUT2D eigenvalue weighted by molar-refractivity contribution is 6.19. The van der Waals surface area contributed by atoms with Crippen molar-refractivity contribution < 1.29 is 14.3 Å². The van der Waals surface area contributed by atoms with Crippen molar-refractivity contribution in [2.45, 2.75) is 6.17 Å². The third-order valence-electron chi connectivity index (χ3n) is 4.20. The molecule has 6 nitrogen and oxygen atoms in total. The van der Waals surface area contributed by atoms with Crippen LogP contribution in [0.3, 0.4) is 0 Å². The van der Waals surface area contributed by atoms with Crippen molar-refractivity contribution in [1.82, 2.24) is 5.32 Å². The molecule has 0 spiro atoms. The van der Waals surface area contributed by atoms with Crippen molar-refractivity contribution in [2.75, 3.05) is 5.32 Å². The van der Waals surface area contributed by atoms with Crippen molar-refractivity contribution >= 4 is 23.4 Å². The fourth-order valence-electron chi connectivity index (χ4n) is 2.92. The molecule has 0 aliphatic carbocycles. The lowest BCUT2D eigenvalue weighted by molar-refractivity contribution is -0.117. The van der Waals surface area contributed by atoms with Gasteiger partial charge in [0, 0.05) is 11.1 Å². The standard InChI is InChI=1S/C22H17N3O3/c26-21-20(25-22(27)28-16-11-5-2-6-12-16)24-19(15-9-3-1-4-10-15)17-13-7-8-14-18(17)23-21/h1-14,20H,(H,23,26)(H,25,27). The Morgan fingerprint density at radius 3 is 2.29 bits per heavy atom. The fourth-order valence-corrected chi connectivity index (χ4v) is 2.92. The van der Waals surface area contributed by atoms with Crippen molar-refractivity contribution in [3.05, 3.63) is 96.1 Å². The summed E-state index contributed by atoms with van der Waals surface area (Å²) >= 11 is 0. The van der Waals surface area contributed by atoms with E-state index in [1.807, 2.05) is 54.6 Å². The highest BCUT2D eigenvalue weighted by atomic mass is 16.6. The van der Waals surface area contributed by atoms with Crippen LogP contribution in [0, 0.1) is 0 Å². The summed E-state index contributed by atoms with van der Waals surface area (Å²) in [4.78, 5) is 29.5.